The monoisotopic (exact) mass is 381 g/mol. The quantitative estimate of drug-likeness (QED) is 0.587. The number of allylic oxidation sites excluding steroid dienone is 1. The third kappa shape index (κ3) is 5.98. The number of rotatable bonds is 6. The van der Waals surface area contributed by atoms with Gasteiger partial charge in [0.05, 0.1) is 11.4 Å². The van der Waals surface area contributed by atoms with Crippen molar-refractivity contribution in [1.29, 1.82) is 0 Å². The van der Waals surface area contributed by atoms with E-state index in [4.69, 9.17) is 4.98 Å². The first-order valence-corrected chi connectivity index (χ1v) is 10.1. The molecule has 2 aromatic rings. The van der Waals surface area contributed by atoms with Gasteiger partial charge in [-0.25, -0.2) is 0 Å². The van der Waals surface area contributed by atoms with Crippen LogP contribution in [0.15, 0.2) is 49.7 Å². The highest BCUT2D eigenvalue weighted by Crippen LogP contribution is 2.39. The lowest BCUT2D eigenvalue weighted by Crippen LogP contribution is -2.22. The standard InChI is InChI=1S/C21H27N3.2C2H6/c1-14-8-10-17(11-9-14)15(2)21(4,5)20-19(23-7)12-18(13-24-20)16(3)22-6;2*1-2/h8-13,22-23H,2-3H2,1,4-7H3;2*1-2H3. The first-order valence-electron chi connectivity index (χ1n) is 10.1. The summed E-state index contributed by atoms with van der Waals surface area (Å²) in [5.74, 6) is 0. The van der Waals surface area contributed by atoms with Crippen LogP contribution in [0.3, 0.4) is 0 Å². The van der Waals surface area contributed by atoms with Crippen molar-refractivity contribution in [1.82, 2.24) is 10.3 Å². The molecule has 0 aliphatic rings. The molecule has 0 bridgehead atoms. The molecule has 0 atom stereocenters. The third-order valence-corrected chi connectivity index (χ3v) is 4.55. The van der Waals surface area contributed by atoms with Crippen molar-refractivity contribution in [2.45, 2.75) is 53.9 Å². The molecule has 1 heterocycles. The third-order valence-electron chi connectivity index (χ3n) is 4.55. The summed E-state index contributed by atoms with van der Waals surface area (Å²) in [5, 5.41) is 6.33. The Morgan fingerprint density at radius 2 is 1.46 bits per heavy atom. The van der Waals surface area contributed by atoms with E-state index in [0.717, 1.165) is 33.8 Å². The fourth-order valence-electron chi connectivity index (χ4n) is 2.72. The van der Waals surface area contributed by atoms with Crippen LogP contribution in [0.4, 0.5) is 5.69 Å². The Hall–Kier alpha value is -2.55. The molecule has 0 aliphatic heterocycles. The number of benzene rings is 1. The van der Waals surface area contributed by atoms with Gasteiger partial charge in [-0.05, 0) is 24.1 Å². The van der Waals surface area contributed by atoms with Crippen molar-refractivity contribution in [3.8, 4) is 0 Å². The van der Waals surface area contributed by atoms with Gasteiger partial charge in [0.25, 0.3) is 0 Å². The van der Waals surface area contributed by atoms with Crippen LogP contribution in [0.2, 0.25) is 0 Å². The average Bonchev–Trinajstić information content (AvgIpc) is 2.75. The molecule has 154 valence electrons. The number of hydrogen-bond acceptors (Lipinski definition) is 3. The molecule has 0 saturated carbocycles. The maximum absolute atomic E-state index is 4.73. The van der Waals surface area contributed by atoms with Gasteiger partial charge in [0.15, 0.2) is 0 Å². The zero-order valence-corrected chi connectivity index (χ0v) is 19.3. The van der Waals surface area contributed by atoms with E-state index in [2.05, 4.69) is 74.9 Å². The number of nitrogens with zero attached hydrogens (tertiary/aromatic N) is 1. The molecule has 0 amide bonds. The lowest BCUT2D eigenvalue weighted by atomic mass is 9.77. The predicted molar refractivity (Wildman–Crippen MR) is 128 cm³/mol. The Morgan fingerprint density at radius 1 is 0.929 bits per heavy atom. The molecule has 0 saturated heterocycles. The van der Waals surface area contributed by atoms with Crippen LogP contribution in [0.25, 0.3) is 11.3 Å². The van der Waals surface area contributed by atoms with E-state index in [-0.39, 0.29) is 5.41 Å². The molecule has 3 nitrogen and oxygen atoms in total. The number of nitrogens with one attached hydrogen (secondary N) is 2. The molecular formula is C25H39N3. The number of aromatic nitrogens is 1. The molecule has 0 unspecified atom stereocenters. The fraction of sp³-hybridized carbons (Fsp3) is 0.400. The van der Waals surface area contributed by atoms with Gasteiger partial charge in [0.2, 0.25) is 0 Å². The van der Waals surface area contributed by atoms with Crippen molar-refractivity contribution in [2.75, 3.05) is 19.4 Å². The van der Waals surface area contributed by atoms with Gasteiger partial charge in [-0.3, -0.25) is 4.98 Å². The van der Waals surface area contributed by atoms with Crippen LogP contribution in [-0.4, -0.2) is 19.1 Å². The van der Waals surface area contributed by atoms with Crippen LogP contribution < -0.4 is 10.6 Å². The summed E-state index contributed by atoms with van der Waals surface area (Å²) in [6.07, 6.45) is 1.86. The lowest BCUT2D eigenvalue weighted by molar-refractivity contribution is 0.668. The van der Waals surface area contributed by atoms with Gasteiger partial charge in [-0.1, -0.05) is 84.5 Å². The molecule has 2 rings (SSSR count). The number of anilines is 1. The second kappa shape index (κ2) is 12.0. The van der Waals surface area contributed by atoms with E-state index in [1.807, 2.05) is 48.0 Å². The molecule has 1 aromatic carbocycles. The molecule has 0 spiro atoms. The largest absolute Gasteiger partial charge is 0.388 e. The molecule has 1 aromatic heterocycles. The minimum atomic E-state index is -0.299. The van der Waals surface area contributed by atoms with Crippen LogP contribution in [0.5, 0.6) is 0 Å². The highest BCUT2D eigenvalue weighted by atomic mass is 14.9. The SMILES string of the molecule is C=C(NC)c1cnc(C(C)(C)C(=C)c2ccc(C)cc2)c(NC)c1.CC.CC. The second-order valence-electron chi connectivity index (χ2n) is 6.57. The van der Waals surface area contributed by atoms with Gasteiger partial charge in [0, 0.05) is 37.0 Å². The molecule has 0 fully saturated rings. The highest BCUT2D eigenvalue weighted by Gasteiger charge is 2.29. The van der Waals surface area contributed by atoms with Gasteiger partial charge in [-0.2, -0.15) is 0 Å². The molecular weight excluding hydrogens is 342 g/mol. The summed E-state index contributed by atoms with van der Waals surface area (Å²) >= 11 is 0. The number of aryl methyl sites for hydroxylation is 1. The van der Waals surface area contributed by atoms with E-state index in [1.54, 1.807) is 0 Å². The van der Waals surface area contributed by atoms with Crippen LogP contribution >= 0.6 is 0 Å². The fourth-order valence-corrected chi connectivity index (χ4v) is 2.72. The molecule has 2 N–H and O–H groups in total. The average molecular weight is 382 g/mol. The highest BCUT2D eigenvalue weighted by molar-refractivity contribution is 5.76. The van der Waals surface area contributed by atoms with Crippen LogP contribution in [0.1, 0.15) is 63.9 Å². The predicted octanol–water partition coefficient (Wildman–Crippen LogP) is 6.67. The second-order valence-corrected chi connectivity index (χ2v) is 6.57. The minimum absolute atomic E-state index is 0.299. The Kier molecular flexibility index (Phi) is 10.9. The van der Waals surface area contributed by atoms with Crippen molar-refractivity contribution in [2.24, 2.45) is 0 Å². The van der Waals surface area contributed by atoms with E-state index >= 15 is 0 Å². The van der Waals surface area contributed by atoms with Gasteiger partial charge in [0.1, 0.15) is 0 Å². The van der Waals surface area contributed by atoms with Gasteiger partial charge >= 0.3 is 0 Å². The van der Waals surface area contributed by atoms with Crippen molar-refractivity contribution < 1.29 is 0 Å². The maximum atomic E-state index is 4.73. The summed E-state index contributed by atoms with van der Waals surface area (Å²) < 4.78 is 0. The van der Waals surface area contributed by atoms with E-state index < -0.39 is 0 Å². The Morgan fingerprint density at radius 3 is 1.93 bits per heavy atom. The van der Waals surface area contributed by atoms with Gasteiger partial charge < -0.3 is 10.6 Å². The summed E-state index contributed by atoms with van der Waals surface area (Å²) in [4.78, 5) is 4.73. The Bertz CT molecular complexity index is 756. The summed E-state index contributed by atoms with van der Waals surface area (Å²) in [7, 11) is 3.77. The van der Waals surface area contributed by atoms with Crippen molar-refractivity contribution in [3.05, 3.63) is 72.1 Å². The normalized spacial score (nSPS) is 9.89. The lowest BCUT2D eigenvalue weighted by Gasteiger charge is -2.29. The van der Waals surface area contributed by atoms with E-state index in [9.17, 15) is 0 Å². The van der Waals surface area contributed by atoms with Gasteiger partial charge in [-0.15, -0.1) is 0 Å². The summed E-state index contributed by atoms with van der Waals surface area (Å²) in [6.45, 7) is 22.8. The number of hydrogen-bond donors (Lipinski definition) is 2. The van der Waals surface area contributed by atoms with Crippen molar-refractivity contribution >= 4 is 17.0 Å². The molecule has 0 aliphatic carbocycles. The smallest absolute Gasteiger partial charge is 0.0734 e. The summed E-state index contributed by atoms with van der Waals surface area (Å²) in [6, 6.07) is 10.5. The molecule has 3 heteroatoms. The molecule has 28 heavy (non-hydrogen) atoms. The minimum Gasteiger partial charge on any atom is -0.388 e. The Labute approximate surface area is 173 Å². The Balaban J connectivity index is 0.00000171. The van der Waals surface area contributed by atoms with E-state index in [1.165, 1.54) is 5.56 Å². The van der Waals surface area contributed by atoms with Crippen LogP contribution in [-0.2, 0) is 5.41 Å². The van der Waals surface area contributed by atoms with Crippen LogP contribution in [0, 0.1) is 6.92 Å². The van der Waals surface area contributed by atoms with E-state index in [0.29, 0.717) is 0 Å². The molecule has 0 radical (unpaired) electrons. The summed E-state index contributed by atoms with van der Waals surface area (Å²) in [5.41, 5.74) is 6.92. The number of pyridine rings is 1. The first-order chi connectivity index (χ1) is 13.3. The topological polar surface area (TPSA) is 37.0 Å². The zero-order valence-electron chi connectivity index (χ0n) is 19.3. The first kappa shape index (κ1) is 25.4. The zero-order chi connectivity index (χ0) is 21.9. The maximum Gasteiger partial charge on any atom is 0.0734 e. The van der Waals surface area contributed by atoms with Crippen molar-refractivity contribution in [3.63, 3.8) is 0 Å².